The molecule has 0 spiro atoms. The summed E-state index contributed by atoms with van der Waals surface area (Å²) in [6, 6.07) is 4.55. The van der Waals surface area contributed by atoms with E-state index in [1.165, 1.54) is 13.2 Å². The number of methoxy groups -OCH3 is 1. The van der Waals surface area contributed by atoms with E-state index in [9.17, 15) is 4.39 Å². The van der Waals surface area contributed by atoms with Crippen LogP contribution in [-0.2, 0) is 0 Å². The average molecular weight is 361 g/mol. The molecule has 0 atom stereocenters. The Morgan fingerprint density at radius 3 is 2.64 bits per heavy atom. The van der Waals surface area contributed by atoms with Crippen molar-refractivity contribution < 1.29 is 9.13 Å². The van der Waals surface area contributed by atoms with Crippen LogP contribution in [-0.4, -0.2) is 28.6 Å². The molecule has 1 aromatic carbocycles. The summed E-state index contributed by atoms with van der Waals surface area (Å²) in [4.78, 5) is 13.0. The summed E-state index contributed by atoms with van der Waals surface area (Å²) in [6.07, 6.45) is 3.13. The summed E-state index contributed by atoms with van der Waals surface area (Å²) in [6.45, 7) is 4.82. The second-order valence-corrected chi connectivity index (χ2v) is 6.38. The molecule has 2 aromatic heterocycles. The van der Waals surface area contributed by atoms with Crippen LogP contribution in [0.4, 0.5) is 10.1 Å². The van der Waals surface area contributed by atoms with Gasteiger partial charge in [-0.05, 0) is 18.1 Å². The standard InChI is InChI=1S/C18H18ClFN4O/c1-10(2)9-23-15-14(13-11(19)5-4-6-12(13)20)18(25-3)24-17-16(15)21-7-8-22-17/h4-8,10H,9H2,1-3H3,(H,22,23,24). The van der Waals surface area contributed by atoms with Gasteiger partial charge >= 0.3 is 0 Å². The van der Waals surface area contributed by atoms with Gasteiger partial charge in [0.2, 0.25) is 5.88 Å². The van der Waals surface area contributed by atoms with E-state index in [4.69, 9.17) is 16.3 Å². The van der Waals surface area contributed by atoms with E-state index in [-0.39, 0.29) is 16.5 Å². The first-order valence-corrected chi connectivity index (χ1v) is 8.27. The zero-order valence-electron chi connectivity index (χ0n) is 14.2. The van der Waals surface area contributed by atoms with E-state index in [1.54, 1.807) is 24.5 Å². The molecule has 0 unspecified atom stereocenters. The Labute approximate surface area is 150 Å². The van der Waals surface area contributed by atoms with Crippen LogP contribution in [0.1, 0.15) is 13.8 Å². The maximum Gasteiger partial charge on any atom is 0.225 e. The molecule has 3 rings (SSSR count). The summed E-state index contributed by atoms with van der Waals surface area (Å²) < 4.78 is 20.0. The Balaban J connectivity index is 2.37. The summed E-state index contributed by atoms with van der Waals surface area (Å²) >= 11 is 6.29. The largest absolute Gasteiger partial charge is 0.480 e. The number of hydrogen-bond donors (Lipinski definition) is 1. The number of nitrogens with zero attached hydrogens (tertiary/aromatic N) is 3. The molecule has 0 saturated heterocycles. The molecule has 0 aliphatic heterocycles. The average Bonchev–Trinajstić information content (AvgIpc) is 2.59. The highest BCUT2D eigenvalue weighted by Crippen LogP contribution is 2.43. The van der Waals surface area contributed by atoms with Gasteiger partial charge in [-0.1, -0.05) is 31.5 Å². The van der Waals surface area contributed by atoms with Crippen molar-refractivity contribution in [2.75, 3.05) is 19.0 Å². The number of hydrogen-bond acceptors (Lipinski definition) is 5. The predicted octanol–water partition coefficient (Wildman–Crippen LogP) is 4.56. The van der Waals surface area contributed by atoms with Crippen molar-refractivity contribution >= 4 is 28.5 Å². The van der Waals surface area contributed by atoms with Gasteiger partial charge in [0.15, 0.2) is 5.65 Å². The molecule has 0 saturated carbocycles. The quantitative estimate of drug-likeness (QED) is 0.722. The fourth-order valence-corrected chi connectivity index (χ4v) is 2.82. The van der Waals surface area contributed by atoms with E-state index in [0.29, 0.717) is 34.9 Å². The van der Waals surface area contributed by atoms with Crippen LogP contribution >= 0.6 is 11.6 Å². The second kappa shape index (κ2) is 7.19. The fraction of sp³-hybridized carbons (Fsp3) is 0.278. The van der Waals surface area contributed by atoms with Gasteiger partial charge in [0, 0.05) is 24.5 Å². The normalized spacial score (nSPS) is 11.1. The van der Waals surface area contributed by atoms with Crippen molar-refractivity contribution in [2.24, 2.45) is 5.92 Å². The minimum Gasteiger partial charge on any atom is -0.480 e. The number of ether oxygens (including phenoxy) is 1. The van der Waals surface area contributed by atoms with Crippen molar-refractivity contribution in [1.29, 1.82) is 0 Å². The first-order chi connectivity index (χ1) is 12.0. The minimum absolute atomic E-state index is 0.229. The van der Waals surface area contributed by atoms with Gasteiger partial charge in [0.25, 0.3) is 0 Å². The molecule has 5 nitrogen and oxygen atoms in total. The third-order valence-corrected chi connectivity index (χ3v) is 4.00. The number of benzene rings is 1. The van der Waals surface area contributed by atoms with Crippen LogP contribution in [0, 0.1) is 11.7 Å². The maximum absolute atomic E-state index is 14.6. The zero-order valence-corrected chi connectivity index (χ0v) is 14.9. The molecule has 25 heavy (non-hydrogen) atoms. The van der Waals surface area contributed by atoms with E-state index < -0.39 is 5.82 Å². The lowest BCUT2D eigenvalue weighted by Crippen LogP contribution is -2.11. The van der Waals surface area contributed by atoms with Crippen molar-refractivity contribution in [1.82, 2.24) is 15.0 Å². The van der Waals surface area contributed by atoms with Crippen LogP contribution in [0.5, 0.6) is 5.88 Å². The van der Waals surface area contributed by atoms with Crippen molar-refractivity contribution in [2.45, 2.75) is 13.8 Å². The molecule has 7 heteroatoms. The van der Waals surface area contributed by atoms with Crippen molar-refractivity contribution in [3.8, 4) is 17.0 Å². The van der Waals surface area contributed by atoms with Crippen LogP contribution < -0.4 is 10.1 Å². The number of anilines is 1. The summed E-state index contributed by atoms with van der Waals surface area (Å²) in [5.41, 5.74) is 2.24. The van der Waals surface area contributed by atoms with E-state index in [2.05, 4.69) is 34.1 Å². The molecule has 0 aliphatic rings. The Hall–Kier alpha value is -2.47. The smallest absolute Gasteiger partial charge is 0.225 e. The fourth-order valence-electron chi connectivity index (χ4n) is 2.56. The highest BCUT2D eigenvalue weighted by atomic mass is 35.5. The lowest BCUT2D eigenvalue weighted by Gasteiger charge is -2.18. The van der Waals surface area contributed by atoms with E-state index in [0.717, 1.165) is 0 Å². The maximum atomic E-state index is 14.6. The minimum atomic E-state index is -0.455. The van der Waals surface area contributed by atoms with E-state index in [1.807, 2.05) is 0 Å². The van der Waals surface area contributed by atoms with Gasteiger partial charge < -0.3 is 10.1 Å². The van der Waals surface area contributed by atoms with Crippen molar-refractivity contribution in [3.05, 3.63) is 41.4 Å². The van der Waals surface area contributed by atoms with Crippen LogP contribution in [0.15, 0.2) is 30.6 Å². The predicted molar refractivity (Wildman–Crippen MR) is 97.6 cm³/mol. The van der Waals surface area contributed by atoms with Gasteiger partial charge in [-0.3, -0.25) is 0 Å². The molecule has 130 valence electrons. The summed E-state index contributed by atoms with van der Waals surface area (Å²) in [7, 11) is 1.48. The molecule has 0 bridgehead atoms. The Bertz CT molecular complexity index is 897. The number of halogens is 2. The molecule has 0 amide bonds. The molecule has 1 N–H and O–H groups in total. The molecular formula is C18H18ClFN4O. The number of fused-ring (bicyclic) bond motifs is 1. The summed E-state index contributed by atoms with van der Waals surface area (Å²) in [5, 5.41) is 3.61. The number of pyridine rings is 1. The molecule has 0 radical (unpaired) electrons. The van der Waals surface area contributed by atoms with Gasteiger partial charge in [0.05, 0.1) is 23.4 Å². The van der Waals surface area contributed by atoms with Gasteiger partial charge in [-0.15, -0.1) is 0 Å². The van der Waals surface area contributed by atoms with Gasteiger partial charge in [-0.2, -0.15) is 4.98 Å². The Morgan fingerprint density at radius 2 is 1.96 bits per heavy atom. The van der Waals surface area contributed by atoms with Crippen molar-refractivity contribution in [3.63, 3.8) is 0 Å². The first-order valence-electron chi connectivity index (χ1n) is 7.90. The summed E-state index contributed by atoms with van der Waals surface area (Å²) in [5.74, 6) is 0.157. The highest BCUT2D eigenvalue weighted by molar-refractivity contribution is 6.33. The van der Waals surface area contributed by atoms with Crippen LogP contribution in [0.2, 0.25) is 5.02 Å². The zero-order chi connectivity index (χ0) is 18.0. The van der Waals surface area contributed by atoms with E-state index >= 15 is 0 Å². The second-order valence-electron chi connectivity index (χ2n) is 5.97. The number of rotatable bonds is 5. The third kappa shape index (κ3) is 3.35. The highest BCUT2D eigenvalue weighted by Gasteiger charge is 2.23. The Morgan fingerprint density at radius 1 is 1.20 bits per heavy atom. The molecule has 0 aliphatic carbocycles. The topological polar surface area (TPSA) is 59.9 Å². The van der Waals surface area contributed by atoms with Gasteiger partial charge in [-0.25, -0.2) is 14.4 Å². The van der Waals surface area contributed by atoms with Gasteiger partial charge in [0.1, 0.15) is 11.3 Å². The first kappa shape index (κ1) is 17.4. The SMILES string of the molecule is COc1nc2nccnc2c(NCC(C)C)c1-c1c(F)cccc1Cl. The third-order valence-electron chi connectivity index (χ3n) is 3.68. The lowest BCUT2D eigenvalue weighted by molar-refractivity contribution is 0.401. The molecule has 0 fully saturated rings. The number of aromatic nitrogens is 3. The monoisotopic (exact) mass is 360 g/mol. The number of nitrogens with one attached hydrogen (secondary N) is 1. The van der Waals surface area contributed by atoms with Crippen LogP contribution in [0.3, 0.4) is 0 Å². The molecule has 3 aromatic rings. The lowest BCUT2D eigenvalue weighted by atomic mass is 10.0. The Kier molecular flexibility index (Phi) is 4.99. The van der Waals surface area contributed by atoms with Crippen LogP contribution in [0.25, 0.3) is 22.3 Å². The molecular weight excluding hydrogens is 343 g/mol. The molecule has 2 heterocycles.